The quantitative estimate of drug-likeness (QED) is 0.712. The summed E-state index contributed by atoms with van der Waals surface area (Å²) in [6, 6.07) is 14.1. The summed E-state index contributed by atoms with van der Waals surface area (Å²) >= 11 is 6.14. The van der Waals surface area contributed by atoms with E-state index in [-0.39, 0.29) is 11.9 Å². The molecule has 1 N–H and O–H groups in total. The molecular weight excluding hydrogens is 374 g/mol. The van der Waals surface area contributed by atoms with Gasteiger partial charge in [0.25, 0.3) is 0 Å². The Morgan fingerprint density at radius 2 is 2.18 bits per heavy atom. The van der Waals surface area contributed by atoms with Crippen molar-refractivity contribution < 1.29 is 4.79 Å². The largest absolute Gasteiger partial charge is 0.323 e. The van der Waals surface area contributed by atoms with Gasteiger partial charge >= 0.3 is 0 Å². The molecule has 1 aliphatic rings. The van der Waals surface area contributed by atoms with E-state index < -0.39 is 0 Å². The minimum absolute atomic E-state index is 0.0887. The third kappa shape index (κ3) is 3.93. The molecule has 2 aromatic carbocycles. The van der Waals surface area contributed by atoms with Crippen molar-refractivity contribution in [2.45, 2.75) is 25.3 Å². The standard InChI is InChI=1S/C21H22ClN5O/c1-26(19-8-4-6-15-5-2-3-7-17(15)19)12-21(28)25-18-11-16(22)9-10-20(18)27-14-23-13-24-27/h2-3,5,7,9-11,13-14,19H,4,6,8,12H2,1H3,(H,25,28)/t19-/m1/s1. The van der Waals surface area contributed by atoms with Gasteiger partial charge in [0.05, 0.1) is 17.9 Å². The SMILES string of the molecule is CN(CC(=O)Nc1cc(Cl)ccc1-n1cncn1)[C@@H]1CCCc2ccccc21. The van der Waals surface area contributed by atoms with Crippen LogP contribution in [-0.4, -0.2) is 39.2 Å². The minimum Gasteiger partial charge on any atom is -0.323 e. The minimum atomic E-state index is -0.0887. The van der Waals surface area contributed by atoms with Crippen molar-refractivity contribution in [2.75, 3.05) is 18.9 Å². The summed E-state index contributed by atoms with van der Waals surface area (Å²) in [7, 11) is 2.00. The second kappa shape index (κ2) is 8.12. The van der Waals surface area contributed by atoms with Crippen molar-refractivity contribution in [3.05, 3.63) is 71.3 Å². The fourth-order valence-corrected chi connectivity index (χ4v) is 4.03. The number of hydrogen-bond acceptors (Lipinski definition) is 4. The molecule has 0 fully saturated rings. The number of fused-ring (bicyclic) bond motifs is 1. The number of halogens is 1. The molecule has 6 nitrogen and oxygen atoms in total. The van der Waals surface area contributed by atoms with Gasteiger partial charge in [-0.25, -0.2) is 9.67 Å². The molecule has 0 saturated heterocycles. The van der Waals surface area contributed by atoms with Gasteiger partial charge in [0.15, 0.2) is 0 Å². The highest BCUT2D eigenvalue weighted by molar-refractivity contribution is 6.31. The van der Waals surface area contributed by atoms with Gasteiger partial charge in [0.2, 0.25) is 5.91 Å². The maximum atomic E-state index is 12.8. The van der Waals surface area contributed by atoms with Crippen molar-refractivity contribution in [2.24, 2.45) is 0 Å². The number of carbonyl (C=O) groups is 1. The van der Waals surface area contributed by atoms with E-state index in [1.807, 2.05) is 13.1 Å². The topological polar surface area (TPSA) is 63.1 Å². The Kier molecular flexibility index (Phi) is 5.41. The summed E-state index contributed by atoms with van der Waals surface area (Å²) in [6.07, 6.45) is 6.34. The number of aromatic nitrogens is 3. The van der Waals surface area contributed by atoms with Gasteiger partial charge in [-0.2, -0.15) is 5.10 Å². The summed E-state index contributed by atoms with van der Waals surface area (Å²) in [5, 5.41) is 7.67. The number of carbonyl (C=O) groups excluding carboxylic acids is 1. The Hall–Kier alpha value is -2.70. The third-order valence-corrected chi connectivity index (χ3v) is 5.40. The summed E-state index contributed by atoms with van der Waals surface area (Å²) in [5.74, 6) is -0.0887. The predicted molar refractivity (Wildman–Crippen MR) is 110 cm³/mol. The molecule has 28 heavy (non-hydrogen) atoms. The number of hydrogen-bond donors (Lipinski definition) is 1. The van der Waals surface area contributed by atoms with Crippen molar-refractivity contribution >= 4 is 23.2 Å². The first-order valence-corrected chi connectivity index (χ1v) is 9.72. The van der Waals surface area contributed by atoms with E-state index >= 15 is 0 Å². The Morgan fingerprint density at radius 1 is 1.32 bits per heavy atom. The maximum absolute atomic E-state index is 12.8. The van der Waals surface area contributed by atoms with E-state index in [0.29, 0.717) is 17.3 Å². The van der Waals surface area contributed by atoms with E-state index in [9.17, 15) is 4.79 Å². The number of anilines is 1. The van der Waals surface area contributed by atoms with E-state index in [4.69, 9.17) is 11.6 Å². The number of nitrogens with one attached hydrogen (secondary N) is 1. The molecule has 0 saturated carbocycles. The molecule has 3 aromatic rings. The molecule has 1 aliphatic carbocycles. The van der Waals surface area contributed by atoms with Crippen LogP contribution in [-0.2, 0) is 11.2 Å². The molecule has 1 atom stereocenters. The molecule has 7 heteroatoms. The van der Waals surface area contributed by atoms with E-state index in [2.05, 4.69) is 44.6 Å². The zero-order chi connectivity index (χ0) is 19.5. The highest BCUT2D eigenvalue weighted by atomic mass is 35.5. The normalized spacial score (nSPS) is 16.0. The van der Waals surface area contributed by atoms with Crippen LogP contribution in [0.1, 0.15) is 30.0 Å². The van der Waals surface area contributed by atoms with Crippen molar-refractivity contribution in [3.8, 4) is 5.69 Å². The van der Waals surface area contributed by atoms with Crippen LogP contribution in [0.15, 0.2) is 55.1 Å². The first kappa shape index (κ1) is 18.7. The highest BCUT2D eigenvalue weighted by Crippen LogP contribution is 2.33. The molecule has 144 valence electrons. The number of nitrogens with zero attached hydrogens (tertiary/aromatic N) is 4. The van der Waals surface area contributed by atoms with Gasteiger partial charge in [-0.05, 0) is 55.6 Å². The number of likely N-dealkylation sites (N-methyl/N-ethyl adjacent to an activating group) is 1. The summed E-state index contributed by atoms with van der Waals surface area (Å²) < 4.78 is 1.60. The summed E-state index contributed by atoms with van der Waals surface area (Å²) in [4.78, 5) is 18.9. The van der Waals surface area contributed by atoms with Crippen molar-refractivity contribution in [1.29, 1.82) is 0 Å². The average Bonchev–Trinajstić information content (AvgIpc) is 3.22. The molecule has 0 spiro atoms. The molecule has 1 heterocycles. The Morgan fingerprint density at radius 3 is 3.00 bits per heavy atom. The smallest absolute Gasteiger partial charge is 0.238 e. The van der Waals surface area contributed by atoms with Crippen LogP contribution in [0.25, 0.3) is 5.69 Å². The van der Waals surface area contributed by atoms with Crippen LogP contribution < -0.4 is 5.32 Å². The predicted octanol–water partition coefficient (Wildman–Crippen LogP) is 3.87. The number of rotatable bonds is 5. The zero-order valence-corrected chi connectivity index (χ0v) is 16.4. The Bertz CT molecular complexity index is 973. The van der Waals surface area contributed by atoms with Gasteiger partial charge in [-0.1, -0.05) is 35.9 Å². The van der Waals surface area contributed by atoms with Gasteiger partial charge in [-0.3, -0.25) is 9.69 Å². The molecule has 1 amide bonds. The van der Waals surface area contributed by atoms with E-state index in [1.165, 1.54) is 17.5 Å². The molecule has 0 bridgehead atoms. The van der Waals surface area contributed by atoms with Crippen LogP contribution in [0.5, 0.6) is 0 Å². The van der Waals surface area contributed by atoms with Crippen LogP contribution in [0.4, 0.5) is 5.69 Å². The van der Waals surface area contributed by atoms with Crippen LogP contribution in [0, 0.1) is 0 Å². The van der Waals surface area contributed by atoms with Crippen LogP contribution in [0.3, 0.4) is 0 Å². The number of amides is 1. The molecule has 1 aromatic heterocycles. The van der Waals surface area contributed by atoms with Crippen LogP contribution >= 0.6 is 11.6 Å². The molecule has 0 radical (unpaired) electrons. The third-order valence-electron chi connectivity index (χ3n) is 5.16. The number of benzene rings is 2. The van der Waals surface area contributed by atoms with Gasteiger partial charge in [0, 0.05) is 11.1 Å². The second-order valence-electron chi connectivity index (χ2n) is 7.07. The lowest BCUT2D eigenvalue weighted by Crippen LogP contribution is -2.35. The van der Waals surface area contributed by atoms with Gasteiger partial charge in [0.1, 0.15) is 12.7 Å². The lowest BCUT2D eigenvalue weighted by atomic mass is 9.87. The molecular formula is C21H22ClN5O. The fraction of sp³-hybridized carbons (Fsp3) is 0.286. The monoisotopic (exact) mass is 395 g/mol. The molecule has 4 rings (SSSR count). The first-order valence-electron chi connectivity index (χ1n) is 9.34. The van der Waals surface area contributed by atoms with E-state index in [1.54, 1.807) is 23.1 Å². The fourth-order valence-electron chi connectivity index (χ4n) is 3.85. The first-order chi connectivity index (χ1) is 13.6. The second-order valence-corrected chi connectivity index (χ2v) is 7.51. The Balaban J connectivity index is 1.49. The highest BCUT2D eigenvalue weighted by Gasteiger charge is 2.24. The zero-order valence-electron chi connectivity index (χ0n) is 15.7. The van der Waals surface area contributed by atoms with Crippen molar-refractivity contribution in [1.82, 2.24) is 19.7 Å². The maximum Gasteiger partial charge on any atom is 0.238 e. The summed E-state index contributed by atoms with van der Waals surface area (Å²) in [5.41, 5.74) is 4.05. The average molecular weight is 396 g/mol. The van der Waals surface area contributed by atoms with Gasteiger partial charge < -0.3 is 5.32 Å². The molecule has 0 aliphatic heterocycles. The van der Waals surface area contributed by atoms with E-state index in [0.717, 1.165) is 24.9 Å². The molecule has 0 unspecified atom stereocenters. The lowest BCUT2D eigenvalue weighted by Gasteiger charge is -2.33. The van der Waals surface area contributed by atoms with Crippen LogP contribution in [0.2, 0.25) is 5.02 Å². The van der Waals surface area contributed by atoms with Crippen molar-refractivity contribution in [3.63, 3.8) is 0 Å². The van der Waals surface area contributed by atoms with Gasteiger partial charge in [-0.15, -0.1) is 0 Å². The number of aryl methyl sites for hydroxylation is 1. The Labute approximate surface area is 169 Å². The summed E-state index contributed by atoms with van der Waals surface area (Å²) in [6.45, 7) is 0.294. The lowest BCUT2D eigenvalue weighted by molar-refractivity contribution is -0.117.